The fraction of sp³-hybridized carbons (Fsp3) is 0.111. The van der Waals surface area contributed by atoms with Gasteiger partial charge in [0.1, 0.15) is 0 Å². The molecule has 2 nitrogen and oxygen atoms in total. The van der Waals surface area contributed by atoms with E-state index in [1.165, 1.54) is 29.5 Å². The lowest BCUT2D eigenvalue weighted by molar-refractivity contribution is 0.153. The molecule has 14 heavy (non-hydrogen) atoms. The lowest BCUT2D eigenvalue weighted by Gasteiger charge is -2.02. The molecule has 0 unspecified atom stereocenters. The van der Waals surface area contributed by atoms with Gasteiger partial charge in [-0.1, -0.05) is 6.07 Å². The maximum absolute atomic E-state index is 12.6. The van der Waals surface area contributed by atoms with Gasteiger partial charge in [-0.25, -0.2) is 8.78 Å². The van der Waals surface area contributed by atoms with Gasteiger partial charge in [0, 0.05) is 16.6 Å². The summed E-state index contributed by atoms with van der Waals surface area (Å²) in [4.78, 5) is 0. The van der Waals surface area contributed by atoms with Crippen LogP contribution >= 0.6 is 11.3 Å². The monoisotopic (exact) mass is 214 g/mol. The number of benzene rings is 1. The molecule has 1 aromatic carbocycles. The van der Waals surface area contributed by atoms with Crippen molar-refractivity contribution in [2.45, 2.75) is 6.43 Å². The predicted octanol–water partition coefficient (Wildman–Crippen LogP) is 3.00. The fourth-order valence-corrected chi connectivity index (χ4v) is 2.26. The van der Waals surface area contributed by atoms with Gasteiger partial charge in [-0.05, 0) is 12.1 Å². The average molecular weight is 214 g/mol. The molecule has 0 spiro atoms. The molecule has 0 aliphatic heterocycles. The van der Waals surface area contributed by atoms with Crippen LogP contribution in [0, 0.1) is 0 Å². The molecule has 0 aliphatic carbocycles. The second kappa shape index (κ2) is 3.09. The first-order chi connectivity index (χ1) is 6.59. The first kappa shape index (κ1) is 9.21. The van der Waals surface area contributed by atoms with Gasteiger partial charge in [0.15, 0.2) is 0 Å². The van der Waals surface area contributed by atoms with Crippen LogP contribution in [0.1, 0.15) is 12.0 Å². The van der Waals surface area contributed by atoms with Gasteiger partial charge in [-0.15, -0.1) is 11.3 Å². The maximum atomic E-state index is 12.6. The van der Waals surface area contributed by atoms with Crippen LogP contribution in [-0.2, 0) is 0 Å². The van der Waals surface area contributed by atoms with Gasteiger partial charge in [0.05, 0.1) is 9.70 Å². The van der Waals surface area contributed by atoms with Crippen molar-refractivity contribution in [3.05, 3.63) is 23.8 Å². The van der Waals surface area contributed by atoms with Crippen LogP contribution in [0.2, 0.25) is 0 Å². The molecule has 74 valence electrons. The first-order valence-electron chi connectivity index (χ1n) is 3.95. The smallest absolute Gasteiger partial charge is 0.264 e. The molecule has 0 radical (unpaired) electrons. The van der Waals surface area contributed by atoms with Crippen molar-refractivity contribution in [3.8, 4) is 0 Å². The van der Waals surface area contributed by atoms with Crippen molar-refractivity contribution >= 4 is 32.1 Å². The van der Waals surface area contributed by atoms with Crippen molar-refractivity contribution < 1.29 is 8.78 Å². The van der Waals surface area contributed by atoms with E-state index < -0.39 is 6.43 Å². The van der Waals surface area contributed by atoms with E-state index in [0.29, 0.717) is 20.8 Å². The van der Waals surface area contributed by atoms with E-state index in [9.17, 15) is 8.78 Å². The SMILES string of the molecule is Nc1cc2c(C(F)F)ccc(N)c2s1. The summed E-state index contributed by atoms with van der Waals surface area (Å²) in [5.74, 6) is 0. The van der Waals surface area contributed by atoms with Crippen molar-refractivity contribution in [1.29, 1.82) is 0 Å². The molecule has 4 N–H and O–H groups in total. The number of halogens is 2. The van der Waals surface area contributed by atoms with Crippen molar-refractivity contribution in [1.82, 2.24) is 0 Å². The van der Waals surface area contributed by atoms with Gasteiger partial charge >= 0.3 is 0 Å². The van der Waals surface area contributed by atoms with Gasteiger partial charge < -0.3 is 11.5 Å². The number of hydrogen-bond acceptors (Lipinski definition) is 3. The molecule has 2 aromatic rings. The Kier molecular flexibility index (Phi) is 2.03. The minimum Gasteiger partial charge on any atom is -0.398 e. The lowest BCUT2D eigenvalue weighted by Crippen LogP contribution is -1.89. The molecular weight excluding hydrogens is 206 g/mol. The van der Waals surface area contributed by atoms with Crippen LogP contribution in [0.4, 0.5) is 19.5 Å². The topological polar surface area (TPSA) is 52.0 Å². The molecule has 0 atom stereocenters. The lowest BCUT2D eigenvalue weighted by atomic mass is 10.1. The molecule has 1 heterocycles. The van der Waals surface area contributed by atoms with Crippen LogP contribution in [0.15, 0.2) is 18.2 Å². The minimum atomic E-state index is -2.49. The van der Waals surface area contributed by atoms with E-state index in [4.69, 9.17) is 11.5 Å². The number of hydrogen-bond donors (Lipinski definition) is 2. The molecule has 0 fully saturated rings. The highest BCUT2D eigenvalue weighted by Gasteiger charge is 2.14. The highest BCUT2D eigenvalue weighted by molar-refractivity contribution is 7.23. The largest absolute Gasteiger partial charge is 0.398 e. The normalized spacial score (nSPS) is 11.4. The third-order valence-corrected chi connectivity index (χ3v) is 3.02. The van der Waals surface area contributed by atoms with E-state index in [-0.39, 0.29) is 5.56 Å². The summed E-state index contributed by atoms with van der Waals surface area (Å²) in [6.07, 6.45) is -2.49. The van der Waals surface area contributed by atoms with E-state index in [0.717, 1.165) is 0 Å². The summed E-state index contributed by atoms with van der Waals surface area (Å²) in [5, 5.41) is 0.960. The summed E-state index contributed by atoms with van der Waals surface area (Å²) < 4.78 is 25.8. The Hall–Kier alpha value is -1.36. The van der Waals surface area contributed by atoms with Crippen molar-refractivity contribution in [2.24, 2.45) is 0 Å². The Morgan fingerprint density at radius 1 is 1.21 bits per heavy atom. The van der Waals surface area contributed by atoms with E-state index in [1.54, 1.807) is 0 Å². The van der Waals surface area contributed by atoms with Gasteiger partial charge in [-0.2, -0.15) is 0 Å². The molecular formula is C9H8F2N2S. The molecule has 0 amide bonds. The fourth-order valence-electron chi connectivity index (χ4n) is 1.37. The number of nitrogens with two attached hydrogens (primary N) is 2. The molecule has 0 aliphatic rings. The van der Waals surface area contributed by atoms with Crippen molar-refractivity contribution in [2.75, 3.05) is 11.5 Å². The third kappa shape index (κ3) is 1.29. The summed E-state index contributed by atoms with van der Waals surface area (Å²) in [6.45, 7) is 0. The number of rotatable bonds is 1. The Labute approximate surface area is 83.1 Å². The predicted molar refractivity (Wildman–Crippen MR) is 55.6 cm³/mol. The number of alkyl halides is 2. The number of anilines is 2. The van der Waals surface area contributed by atoms with Crippen LogP contribution in [0.5, 0.6) is 0 Å². The zero-order valence-electron chi connectivity index (χ0n) is 7.13. The highest BCUT2D eigenvalue weighted by Crippen LogP contribution is 2.37. The number of nitrogen functional groups attached to an aromatic ring is 2. The van der Waals surface area contributed by atoms with E-state index in [2.05, 4.69) is 0 Å². The second-order valence-electron chi connectivity index (χ2n) is 2.94. The van der Waals surface area contributed by atoms with Gasteiger partial charge in [-0.3, -0.25) is 0 Å². The van der Waals surface area contributed by atoms with Crippen molar-refractivity contribution in [3.63, 3.8) is 0 Å². The zero-order chi connectivity index (χ0) is 10.3. The molecule has 0 saturated carbocycles. The zero-order valence-corrected chi connectivity index (χ0v) is 7.94. The quantitative estimate of drug-likeness (QED) is 0.717. The number of fused-ring (bicyclic) bond motifs is 1. The maximum Gasteiger partial charge on any atom is 0.264 e. The minimum absolute atomic E-state index is 0.0119. The Balaban J connectivity index is 2.81. The van der Waals surface area contributed by atoms with E-state index in [1.807, 2.05) is 0 Å². The number of thiophene rings is 1. The Morgan fingerprint density at radius 2 is 1.93 bits per heavy atom. The third-order valence-electron chi connectivity index (χ3n) is 2.00. The highest BCUT2D eigenvalue weighted by atomic mass is 32.1. The summed E-state index contributed by atoms with van der Waals surface area (Å²) >= 11 is 1.23. The van der Waals surface area contributed by atoms with Crippen LogP contribution in [-0.4, -0.2) is 0 Å². The summed E-state index contributed by atoms with van der Waals surface area (Å²) in [7, 11) is 0. The van der Waals surface area contributed by atoms with Crippen LogP contribution in [0.25, 0.3) is 10.1 Å². The molecule has 0 saturated heterocycles. The molecule has 2 rings (SSSR count). The van der Waals surface area contributed by atoms with Crippen LogP contribution in [0.3, 0.4) is 0 Å². The van der Waals surface area contributed by atoms with Crippen LogP contribution < -0.4 is 11.5 Å². The first-order valence-corrected chi connectivity index (χ1v) is 4.77. The summed E-state index contributed by atoms with van der Waals surface area (Å²) in [6, 6.07) is 4.37. The van der Waals surface area contributed by atoms with E-state index >= 15 is 0 Å². The average Bonchev–Trinajstić information content (AvgIpc) is 2.47. The van der Waals surface area contributed by atoms with Gasteiger partial charge in [0.2, 0.25) is 0 Å². The molecule has 1 aromatic heterocycles. The Morgan fingerprint density at radius 3 is 2.57 bits per heavy atom. The molecule has 0 bridgehead atoms. The Bertz CT molecular complexity index is 479. The second-order valence-corrected chi connectivity index (χ2v) is 4.02. The van der Waals surface area contributed by atoms with Gasteiger partial charge in [0.25, 0.3) is 6.43 Å². The summed E-state index contributed by atoms with van der Waals surface area (Å²) in [5.41, 5.74) is 11.7. The molecule has 5 heteroatoms. The standard InChI is InChI=1S/C9H8F2N2S/c10-9(11)4-1-2-6(12)8-5(4)3-7(13)14-8/h1-3,9H,12-13H2.